The van der Waals surface area contributed by atoms with E-state index < -0.39 is 0 Å². The lowest BCUT2D eigenvalue weighted by molar-refractivity contribution is 0.400. The highest BCUT2D eigenvalue weighted by Crippen LogP contribution is 2.24. The Hall–Kier alpha value is -1.24. The maximum absolute atomic E-state index is 5.69. The van der Waals surface area contributed by atoms with E-state index in [1.54, 1.807) is 7.11 Å². The highest BCUT2D eigenvalue weighted by Gasteiger charge is 2.14. The van der Waals surface area contributed by atoms with Crippen LogP contribution in [0.25, 0.3) is 0 Å². The summed E-state index contributed by atoms with van der Waals surface area (Å²) in [5, 5.41) is 0. The summed E-state index contributed by atoms with van der Waals surface area (Å²) in [5.74, 6) is 1.49. The molecule has 1 aromatic heterocycles. The van der Waals surface area contributed by atoms with Crippen LogP contribution in [0, 0.1) is 0 Å². The molecule has 1 saturated heterocycles. The minimum atomic E-state index is 0. The SMILES string of the molecule is COc1nc(N2CCCC2)ccc1N.Cl.N.N. The second kappa shape index (κ2) is 7.94. The summed E-state index contributed by atoms with van der Waals surface area (Å²) < 4.78 is 5.08. The summed E-state index contributed by atoms with van der Waals surface area (Å²) in [6.07, 6.45) is 2.49. The smallest absolute Gasteiger partial charge is 0.238 e. The Morgan fingerprint density at radius 2 is 1.82 bits per heavy atom. The quantitative estimate of drug-likeness (QED) is 0.750. The van der Waals surface area contributed by atoms with E-state index in [4.69, 9.17) is 10.5 Å². The van der Waals surface area contributed by atoms with Gasteiger partial charge in [-0.3, -0.25) is 0 Å². The number of nitrogens with zero attached hydrogens (tertiary/aromatic N) is 2. The van der Waals surface area contributed by atoms with Crippen LogP contribution in [0.4, 0.5) is 11.5 Å². The molecule has 0 unspecified atom stereocenters. The number of nitrogen functional groups attached to an aromatic ring is 1. The van der Waals surface area contributed by atoms with Crippen LogP contribution in [0.5, 0.6) is 5.88 Å². The molecule has 2 heterocycles. The number of ether oxygens (including phenoxy) is 1. The normalized spacial score (nSPS) is 13.1. The van der Waals surface area contributed by atoms with Crippen LogP contribution >= 0.6 is 12.4 Å². The molecular weight excluding hydrogens is 242 g/mol. The number of halogens is 1. The lowest BCUT2D eigenvalue weighted by atomic mass is 10.4. The molecule has 0 aromatic carbocycles. The molecule has 1 aliphatic rings. The van der Waals surface area contributed by atoms with Crippen molar-refractivity contribution in [3.63, 3.8) is 0 Å². The van der Waals surface area contributed by atoms with Crippen molar-refractivity contribution < 1.29 is 4.74 Å². The molecule has 100 valence electrons. The predicted octanol–water partition coefficient (Wildman–Crippen LogP) is 2.02. The van der Waals surface area contributed by atoms with Crippen LogP contribution in [-0.2, 0) is 0 Å². The van der Waals surface area contributed by atoms with E-state index in [9.17, 15) is 0 Å². The maximum Gasteiger partial charge on any atom is 0.238 e. The van der Waals surface area contributed by atoms with Crippen LogP contribution < -0.4 is 27.7 Å². The average molecular weight is 264 g/mol. The van der Waals surface area contributed by atoms with Gasteiger partial charge in [-0.1, -0.05) is 0 Å². The summed E-state index contributed by atoms with van der Waals surface area (Å²) in [6.45, 7) is 2.17. The lowest BCUT2D eigenvalue weighted by Crippen LogP contribution is -2.19. The second-order valence-electron chi connectivity index (χ2n) is 3.46. The van der Waals surface area contributed by atoms with Crippen LogP contribution in [0.1, 0.15) is 12.8 Å². The first-order valence-corrected chi connectivity index (χ1v) is 4.87. The first-order chi connectivity index (χ1) is 6.81. The topological polar surface area (TPSA) is 121 Å². The van der Waals surface area contributed by atoms with Crippen molar-refractivity contribution in [2.24, 2.45) is 0 Å². The molecule has 6 nitrogen and oxygen atoms in total. The Kier molecular flexibility index (Phi) is 8.47. The Morgan fingerprint density at radius 3 is 2.35 bits per heavy atom. The van der Waals surface area contributed by atoms with Crippen molar-refractivity contribution in [2.75, 3.05) is 30.8 Å². The highest BCUT2D eigenvalue weighted by molar-refractivity contribution is 5.85. The summed E-state index contributed by atoms with van der Waals surface area (Å²) in [7, 11) is 1.59. The van der Waals surface area contributed by atoms with Crippen molar-refractivity contribution in [1.29, 1.82) is 0 Å². The second-order valence-corrected chi connectivity index (χ2v) is 3.46. The first-order valence-electron chi connectivity index (χ1n) is 4.87. The molecule has 1 fully saturated rings. The first kappa shape index (κ1) is 18.1. The van der Waals surface area contributed by atoms with Gasteiger partial charge in [-0.25, -0.2) is 0 Å². The minimum Gasteiger partial charge on any atom is -0.479 e. The van der Waals surface area contributed by atoms with Gasteiger partial charge in [0.1, 0.15) is 5.82 Å². The van der Waals surface area contributed by atoms with Crippen LogP contribution in [0.15, 0.2) is 12.1 Å². The third-order valence-electron chi connectivity index (χ3n) is 2.50. The fraction of sp³-hybridized carbons (Fsp3) is 0.500. The van der Waals surface area contributed by atoms with Crippen molar-refractivity contribution in [3.8, 4) is 5.88 Å². The number of hydrogen-bond acceptors (Lipinski definition) is 6. The van der Waals surface area contributed by atoms with Gasteiger partial charge in [0.25, 0.3) is 0 Å². The molecule has 1 aromatic rings. The van der Waals surface area contributed by atoms with Gasteiger partial charge in [0.05, 0.1) is 12.8 Å². The Labute approximate surface area is 108 Å². The van der Waals surface area contributed by atoms with Crippen LogP contribution in [0.3, 0.4) is 0 Å². The molecule has 1 aliphatic heterocycles. The van der Waals surface area contributed by atoms with Gasteiger partial charge in [0.15, 0.2) is 0 Å². The van der Waals surface area contributed by atoms with Crippen molar-refractivity contribution >= 4 is 23.9 Å². The fourth-order valence-corrected chi connectivity index (χ4v) is 1.73. The number of pyridine rings is 1. The minimum absolute atomic E-state index is 0. The number of aromatic nitrogens is 1. The molecule has 0 saturated carbocycles. The number of rotatable bonds is 2. The highest BCUT2D eigenvalue weighted by atomic mass is 35.5. The molecule has 0 spiro atoms. The van der Waals surface area contributed by atoms with Crippen molar-refractivity contribution in [1.82, 2.24) is 17.3 Å². The van der Waals surface area contributed by atoms with E-state index in [1.165, 1.54) is 12.8 Å². The molecular formula is C10H22ClN5O. The molecule has 2 rings (SSSR count). The summed E-state index contributed by atoms with van der Waals surface area (Å²) in [6, 6.07) is 3.79. The third-order valence-corrected chi connectivity index (χ3v) is 2.50. The van der Waals surface area contributed by atoms with Crippen LogP contribution in [0.2, 0.25) is 0 Å². The van der Waals surface area contributed by atoms with E-state index >= 15 is 0 Å². The zero-order valence-electron chi connectivity index (χ0n) is 10.2. The van der Waals surface area contributed by atoms with E-state index in [0.29, 0.717) is 11.6 Å². The zero-order chi connectivity index (χ0) is 9.97. The van der Waals surface area contributed by atoms with E-state index in [0.717, 1.165) is 18.9 Å². The molecule has 0 atom stereocenters. The zero-order valence-corrected chi connectivity index (χ0v) is 11.0. The molecule has 0 bridgehead atoms. The van der Waals surface area contributed by atoms with E-state index in [1.807, 2.05) is 12.1 Å². The summed E-state index contributed by atoms with van der Waals surface area (Å²) >= 11 is 0. The van der Waals surface area contributed by atoms with Gasteiger partial charge in [-0.05, 0) is 25.0 Å². The fourth-order valence-electron chi connectivity index (χ4n) is 1.73. The number of anilines is 2. The van der Waals surface area contributed by atoms with E-state index in [2.05, 4.69) is 9.88 Å². The van der Waals surface area contributed by atoms with Crippen molar-refractivity contribution in [3.05, 3.63) is 12.1 Å². The third kappa shape index (κ3) is 3.92. The number of hydrogen-bond donors (Lipinski definition) is 3. The van der Waals surface area contributed by atoms with Gasteiger partial charge in [-0.2, -0.15) is 4.98 Å². The average Bonchev–Trinajstić information content (AvgIpc) is 2.71. The van der Waals surface area contributed by atoms with Gasteiger partial charge in [-0.15, -0.1) is 12.4 Å². The predicted molar refractivity (Wildman–Crippen MR) is 73.9 cm³/mol. The molecule has 0 radical (unpaired) electrons. The number of nitrogens with two attached hydrogens (primary N) is 1. The van der Waals surface area contributed by atoms with Gasteiger partial charge < -0.3 is 27.7 Å². The molecule has 17 heavy (non-hydrogen) atoms. The van der Waals surface area contributed by atoms with Crippen LogP contribution in [-0.4, -0.2) is 25.2 Å². The van der Waals surface area contributed by atoms with E-state index in [-0.39, 0.29) is 24.7 Å². The summed E-state index contributed by atoms with van der Waals surface area (Å²) in [5.41, 5.74) is 6.29. The van der Waals surface area contributed by atoms with Gasteiger partial charge in [0, 0.05) is 13.1 Å². The van der Waals surface area contributed by atoms with Gasteiger partial charge in [0.2, 0.25) is 5.88 Å². The number of methoxy groups -OCH3 is 1. The standard InChI is InChI=1S/C10H15N3O.ClH.2H3N/c1-14-10-8(11)4-5-9(12-10)13-6-2-3-7-13;;;/h4-5H,2-3,6-7,11H2,1H3;1H;2*1H3. The largest absolute Gasteiger partial charge is 0.479 e. The molecule has 7 heteroatoms. The Morgan fingerprint density at radius 1 is 1.24 bits per heavy atom. The maximum atomic E-state index is 5.69. The monoisotopic (exact) mass is 263 g/mol. The molecule has 0 aliphatic carbocycles. The molecule has 0 amide bonds. The Balaban J connectivity index is 0. The van der Waals surface area contributed by atoms with Gasteiger partial charge >= 0.3 is 0 Å². The summed E-state index contributed by atoms with van der Waals surface area (Å²) in [4.78, 5) is 6.60. The van der Waals surface area contributed by atoms with Crippen molar-refractivity contribution in [2.45, 2.75) is 12.8 Å². The Bertz CT molecular complexity index is 330. The molecule has 8 N–H and O–H groups in total. The lowest BCUT2D eigenvalue weighted by Gasteiger charge is -2.17.